The average molecular weight is 263 g/mol. The highest BCUT2D eigenvalue weighted by atomic mass is 16.5. The van der Waals surface area contributed by atoms with Crippen molar-refractivity contribution in [3.63, 3.8) is 0 Å². The van der Waals surface area contributed by atoms with Crippen LogP contribution in [-0.4, -0.2) is 22.7 Å². The number of aryl methyl sites for hydroxylation is 2. The Morgan fingerprint density at radius 1 is 1.37 bits per heavy atom. The van der Waals surface area contributed by atoms with Gasteiger partial charge in [-0.1, -0.05) is 19.8 Å². The number of aromatic nitrogens is 1. The van der Waals surface area contributed by atoms with E-state index in [-0.39, 0.29) is 5.56 Å². The Balaban J connectivity index is 2.17. The van der Waals surface area contributed by atoms with Crippen molar-refractivity contribution in [3.05, 3.63) is 22.9 Å². The molecule has 1 N–H and O–H groups in total. The van der Waals surface area contributed by atoms with E-state index in [2.05, 4.69) is 11.9 Å². The van der Waals surface area contributed by atoms with Crippen molar-refractivity contribution in [3.8, 4) is 5.88 Å². The number of pyridine rings is 1. The lowest BCUT2D eigenvalue weighted by Crippen LogP contribution is -2.12. The summed E-state index contributed by atoms with van der Waals surface area (Å²) in [6, 6.07) is 1.75. The summed E-state index contributed by atoms with van der Waals surface area (Å²) >= 11 is 0. The van der Waals surface area contributed by atoms with Gasteiger partial charge in [0.05, 0.1) is 6.61 Å². The van der Waals surface area contributed by atoms with Crippen LogP contribution in [0, 0.1) is 0 Å². The summed E-state index contributed by atoms with van der Waals surface area (Å²) in [5, 5.41) is 9.25. The molecular formula is C15H21NO3. The molecule has 0 radical (unpaired) electrons. The molecule has 104 valence electrons. The van der Waals surface area contributed by atoms with Crippen LogP contribution >= 0.6 is 0 Å². The first-order chi connectivity index (χ1) is 9.22. The summed E-state index contributed by atoms with van der Waals surface area (Å²) < 4.78 is 5.57. The maximum atomic E-state index is 11.3. The number of hydrogen-bond donors (Lipinski definition) is 1. The Labute approximate surface area is 113 Å². The third kappa shape index (κ3) is 3.46. The highest BCUT2D eigenvalue weighted by Crippen LogP contribution is 2.26. The quantitative estimate of drug-likeness (QED) is 0.800. The minimum Gasteiger partial charge on any atom is -0.477 e. The first-order valence-corrected chi connectivity index (χ1v) is 7.11. The van der Waals surface area contributed by atoms with E-state index in [1.54, 1.807) is 6.07 Å². The third-order valence-electron chi connectivity index (χ3n) is 3.48. The van der Waals surface area contributed by atoms with Crippen LogP contribution in [-0.2, 0) is 12.8 Å². The van der Waals surface area contributed by atoms with Gasteiger partial charge in [-0.25, -0.2) is 9.78 Å². The summed E-state index contributed by atoms with van der Waals surface area (Å²) in [5.41, 5.74) is 2.29. The molecule has 1 aromatic heterocycles. The number of fused-ring (bicyclic) bond motifs is 1. The van der Waals surface area contributed by atoms with Crippen molar-refractivity contribution in [2.45, 2.75) is 51.9 Å². The molecule has 2 rings (SSSR count). The number of carboxylic acids is 1. The number of hydrogen-bond acceptors (Lipinski definition) is 3. The van der Waals surface area contributed by atoms with Gasteiger partial charge in [0.15, 0.2) is 0 Å². The molecule has 4 heteroatoms. The maximum absolute atomic E-state index is 11.3. The van der Waals surface area contributed by atoms with E-state index in [0.717, 1.165) is 56.2 Å². The fourth-order valence-electron chi connectivity index (χ4n) is 2.40. The lowest BCUT2D eigenvalue weighted by atomic mass is 9.95. The van der Waals surface area contributed by atoms with Crippen molar-refractivity contribution in [1.29, 1.82) is 0 Å². The summed E-state index contributed by atoms with van der Waals surface area (Å²) in [7, 11) is 0. The molecular weight excluding hydrogens is 242 g/mol. The lowest BCUT2D eigenvalue weighted by molar-refractivity contribution is 0.0690. The van der Waals surface area contributed by atoms with Crippen molar-refractivity contribution < 1.29 is 14.6 Å². The molecule has 0 amide bonds. The number of aromatic carboxylic acids is 1. The predicted molar refractivity (Wildman–Crippen MR) is 72.9 cm³/mol. The van der Waals surface area contributed by atoms with Crippen LogP contribution in [0.2, 0.25) is 0 Å². The topological polar surface area (TPSA) is 59.4 Å². The van der Waals surface area contributed by atoms with E-state index in [0.29, 0.717) is 12.5 Å². The van der Waals surface area contributed by atoms with Gasteiger partial charge in [-0.2, -0.15) is 0 Å². The van der Waals surface area contributed by atoms with Crippen molar-refractivity contribution in [1.82, 2.24) is 4.98 Å². The maximum Gasteiger partial charge on any atom is 0.341 e. The number of unbranched alkanes of at least 4 members (excludes halogenated alkanes) is 2. The second-order valence-corrected chi connectivity index (χ2v) is 5.01. The van der Waals surface area contributed by atoms with Crippen LogP contribution in [0.4, 0.5) is 0 Å². The molecule has 1 aliphatic rings. The van der Waals surface area contributed by atoms with E-state index < -0.39 is 5.97 Å². The Hall–Kier alpha value is -1.58. The minimum absolute atomic E-state index is 0.206. The number of carbonyl (C=O) groups is 1. The zero-order chi connectivity index (χ0) is 13.7. The summed E-state index contributed by atoms with van der Waals surface area (Å²) in [4.78, 5) is 15.7. The standard InChI is InChI=1S/C15H21NO3/c1-2-3-6-9-19-14-12(15(17)18)10-11-7-4-5-8-13(11)16-14/h10H,2-9H2,1H3,(H,17,18). The van der Waals surface area contributed by atoms with Crippen LogP contribution in [0.15, 0.2) is 6.07 Å². The number of rotatable bonds is 6. The second-order valence-electron chi connectivity index (χ2n) is 5.01. The molecule has 0 saturated carbocycles. The molecule has 0 spiro atoms. The van der Waals surface area contributed by atoms with E-state index in [4.69, 9.17) is 4.74 Å². The van der Waals surface area contributed by atoms with Gasteiger partial charge in [0.25, 0.3) is 0 Å². The smallest absolute Gasteiger partial charge is 0.341 e. The Bertz CT molecular complexity index is 457. The van der Waals surface area contributed by atoms with Gasteiger partial charge in [0.2, 0.25) is 5.88 Å². The van der Waals surface area contributed by atoms with Crippen LogP contribution in [0.3, 0.4) is 0 Å². The zero-order valence-corrected chi connectivity index (χ0v) is 11.4. The second kappa shape index (κ2) is 6.55. The normalized spacial score (nSPS) is 13.9. The zero-order valence-electron chi connectivity index (χ0n) is 11.4. The Morgan fingerprint density at radius 2 is 2.16 bits per heavy atom. The van der Waals surface area contributed by atoms with Gasteiger partial charge in [0, 0.05) is 5.69 Å². The SMILES string of the molecule is CCCCCOc1nc2c(cc1C(=O)O)CCCC2. The molecule has 1 heterocycles. The van der Waals surface area contributed by atoms with Crippen LogP contribution in [0.25, 0.3) is 0 Å². The lowest BCUT2D eigenvalue weighted by Gasteiger charge is -2.17. The fourth-order valence-corrected chi connectivity index (χ4v) is 2.40. The monoisotopic (exact) mass is 263 g/mol. The molecule has 19 heavy (non-hydrogen) atoms. The molecule has 0 bridgehead atoms. The molecule has 0 fully saturated rings. The minimum atomic E-state index is -0.952. The van der Waals surface area contributed by atoms with Gasteiger partial charge in [-0.05, 0) is 43.7 Å². The first-order valence-electron chi connectivity index (χ1n) is 7.11. The van der Waals surface area contributed by atoms with Crippen LogP contribution < -0.4 is 4.74 Å². The van der Waals surface area contributed by atoms with E-state index >= 15 is 0 Å². The van der Waals surface area contributed by atoms with Gasteiger partial charge >= 0.3 is 5.97 Å². The molecule has 0 atom stereocenters. The Kier molecular flexibility index (Phi) is 4.77. The molecule has 1 aliphatic carbocycles. The Morgan fingerprint density at radius 3 is 2.89 bits per heavy atom. The number of carboxylic acid groups (broad SMARTS) is 1. The van der Waals surface area contributed by atoms with Crippen LogP contribution in [0.5, 0.6) is 5.88 Å². The van der Waals surface area contributed by atoms with Gasteiger partial charge < -0.3 is 9.84 Å². The van der Waals surface area contributed by atoms with Gasteiger partial charge in [-0.3, -0.25) is 0 Å². The third-order valence-corrected chi connectivity index (χ3v) is 3.48. The van der Waals surface area contributed by atoms with E-state index in [1.165, 1.54) is 0 Å². The van der Waals surface area contributed by atoms with Crippen molar-refractivity contribution in [2.24, 2.45) is 0 Å². The van der Waals surface area contributed by atoms with Gasteiger partial charge in [-0.15, -0.1) is 0 Å². The highest BCUT2D eigenvalue weighted by molar-refractivity contribution is 5.90. The number of nitrogens with zero attached hydrogens (tertiary/aromatic N) is 1. The average Bonchev–Trinajstić information content (AvgIpc) is 2.42. The number of ether oxygens (including phenoxy) is 1. The summed E-state index contributed by atoms with van der Waals surface area (Å²) in [5.74, 6) is -0.657. The molecule has 0 aliphatic heterocycles. The van der Waals surface area contributed by atoms with E-state index in [1.807, 2.05) is 0 Å². The molecule has 0 aromatic carbocycles. The summed E-state index contributed by atoms with van der Waals surface area (Å²) in [6.45, 7) is 2.67. The fraction of sp³-hybridized carbons (Fsp3) is 0.600. The summed E-state index contributed by atoms with van der Waals surface area (Å²) in [6.07, 6.45) is 7.25. The molecule has 0 saturated heterocycles. The molecule has 1 aromatic rings. The molecule has 4 nitrogen and oxygen atoms in total. The van der Waals surface area contributed by atoms with Gasteiger partial charge in [0.1, 0.15) is 5.56 Å². The molecule has 0 unspecified atom stereocenters. The predicted octanol–water partition coefficient (Wildman–Crippen LogP) is 3.23. The largest absolute Gasteiger partial charge is 0.477 e. The first kappa shape index (κ1) is 13.8. The van der Waals surface area contributed by atoms with Crippen molar-refractivity contribution >= 4 is 5.97 Å². The highest BCUT2D eigenvalue weighted by Gasteiger charge is 2.19. The van der Waals surface area contributed by atoms with Crippen LogP contribution in [0.1, 0.15) is 60.6 Å². The van der Waals surface area contributed by atoms with E-state index in [9.17, 15) is 9.90 Å². The van der Waals surface area contributed by atoms with Crippen molar-refractivity contribution in [2.75, 3.05) is 6.61 Å².